The van der Waals surface area contributed by atoms with Gasteiger partial charge in [-0.2, -0.15) is 0 Å². The number of benzene rings is 1. The van der Waals surface area contributed by atoms with Crippen molar-refractivity contribution in [1.29, 1.82) is 0 Å². The van der Waals surface area contributed by atoms with Crippen LogP contribution in [0.2, 0.25) is 0 Å². The highest BCUT2D eigenvalue weighted by Gasteiger charge is 2.12. The Bertz CT molecular complexity index is 413. The number of carbonyl (C=O) groups is 1. The Balaban J connectivity index is 0.00000400. The number of methoxy groups -OCH3 is 1. The Morgan fingerprint density at radius 2 is 1.95 bits per heavy atom. The van der Waals surface area contributed by atoms with Gasteiger partial charge in [0.1, 0.15) is 0 Å². The minimum absolute atomic E-state index is 0. The highest BCUT2D eigenvalue weighted by atomic mass is 35.5. The van der Waals surface area contributed by atoms with Crippen molar-refractivity contribution in [3.63, 3.8) is 0 Å². The average Bonchev–Trinajstić information content (AvgIpc) is 2.43. The molecule has 0 fully saturated rings. The van der Waals surface area contributed by atoms with Gasteiger partial charge in [0.15, 0.2) is 0 Å². The van der Waals surface area contributed by atoms with Crippen LogP contribution in [0.4, 0.5) is 0 Å². The van der Waals surface area contributed by atoms with Gasteiger partial charge in [0.2, 0.25) is 5.91 Å². The van der Waals surface area contributed by atoms with Gasteiger partial charge < -0.3 is 15.4 Å². The molecule has 0 bridgehead atoms. The number of amides is 1. The van der Waals surface area contributed by atoms with Crippen LogP contribution in [0.5, 0.6) is 0 Å². The molecule has 0 radical (unpaired) electrons. The molecule has 0 spiro atoms. The molecule has 1 amide bonds. The molecule has 1 atom stereocenters. The van der Waals surface area contributed by atoms with Crippen LogP contribution in [-0.4, -0.2) is 39.3 Å². The molecule has 1 unspecified atom stereocenters. The molecule has 5 heteroatoms. The molecule has 0 aliphatic rings. The summed E-state index contributed by atoms with van der Waals surface area (Å²) in [6.07, 6.45) is 0.531. The molecule has 0 aliphatic heterocycles. The van der Waals surface area contributed by atoms with Crippen molar-refractivity contribution in [2.75, 3.05) is 33.4 Å². The standard InChI is InChI=1S/C16H26N2O2.ClH/c1-13-6-4-5-7-15(13)14(2)12-16(19)18-9-8-17-10-11-20-3;/h4-7,14,17H,8-12H2,1-3H3,(H,18,19);1H. The topological polar surface area (TPSA) is 50.4 Å². The van der Waals surface area contributed by atoms with E-state index in [4.69, 9.17) is 4.74 Å². The van der Waals surface area contributed by atoms with Gasteiger partial charge in [-0.3, -0.25) is 4.79 Å². The van der Waals surface area contributed by atoms with E-state index in [9.17, 15) is 4.79 Å². The third-order valence-corrected chi connectivity index (χ3v) is 3.32. The number of aryl methyl sites for hydroxylation is 1. The van der Waals surface area contributed by atoms with Gasteiger partial charge in [-0.25, -0.2) is 0 Å². The molecule has 1 rings (SSSR count). The fourth-order valence-electron chi connectivity index (χ4n) is 2.19. The van der Waals surface area contributed by atoms with E-state index in [2.05, 4.69) is 36.6 Å². The van der Waals surface area contributed by atoms with E-state index < -0.39 is 0 Å². The summed E-state index contributed by atoms with van der Waals surface area (Å²) in [7, 11) is 1.68. The molecule has 0 aliphatic carbocycles. The van der Waals surface area contributed by atoms with Gasteiger partial charge in [0.25, 0.3) is 0 Å². The van der Waals surface area contributed by atoms with Crippen molar-refractivity contribution in [2.24, 2.45) is 0 Å². The van der Waals surface area contributed by atoms with E-state index in [1.807, 2.05) is 12.1 Å². The number of hydrogen-bond acceptors (Lipinski definition) is 3. The second-order valence-corrected chi connectivity index (χ2v) is 5.05. The summed E-state index contributed by atoms with van der Waals surface area (Å²) in [5, 5.41) is 6.13. The quantitative estimate of drug-likeness (QED) is 0.687. The monoisotopic (exact) mass is 314 g/mol. The van der Waals surface area contributed by atoms with Gasteiger partial charge in [-0.1, -0.05) is 31.2 Å². The first kappa shape index (κ1) is 19.9. The highest BCUT2D eigenvalue weighted by molar-refractivity contribution is 5.85. The number of hydrogen-bond donors (Lipinski definition) is 2. The molecule has 0 aromatic heterocycles. The molecule has 120 valence electrons. The fourth-order valence-corrected chi connectivity index (χ4v) is 2.19. The van der Waals surface area contributed by atoms with Crippen LogP contribution in [-0.2, 0) is 9.53 Å². The summed E-state index contributed by atoms with van der Waals surface area (Å²) in [4.78, 5) is 11.9. The molecule has 0 saturated heterocycles. The first-order valence-electron chi connectivity index (χ1n) is 7.17. The van der Waals surface area contributed by atoms with Crippen molar-refractivity contribution in [3.05, 3.63) is 35.4 Å². The largest absolute Gasteiger partial charge is 0.383 e. The zero-order valence-electron chi connectivity index (χ0n) is 13.1. The molecule has 1 aromatic rings. The summed E-state index contributed by atoms with van der Waals surface area (Å²) >= 11 is 0. The van der Waals surface area contributed by atoms with E-state index in [0.717, 1.165) is 13.1 Å². The first-order valence-corrected chi connectivity index (χ1v) is 7.17. The Kier molecular flexibility index (Phi) is 10.9. The Morgan fingerprint density at radius 3 is 2.62 bits per heavy atom. The predicted octanol–water partition coefficient (Wildman–Crippen LogP) is 2.26. The van der Waals surface area contributed by atoms with Crippen molar-refractivity contribution in [1.82, 2.24) is 10.6 Å². The Labute approximate surface area is 134 Å². The van der Waals surface area contributed by atoms with Gasteiger partial charge in [0, 0.05) is 33.2 Å². The third kappa shape index (κ3) is 8.05. The number of ether oxygens (including phenoxy) is 1. The molecule has 0 heterocycles. The van der Waals surface area contributed by atoms with E-state index in [0.29, 0.717) is 19.6 Å². The molecular weight excluding hydrogens is 288 g/mol. The van der Waals surface area contributed by atoms with Crippen molar-refractivity contribution in [3.8, 4) is 0 Å². The van der Waals surface area contributed by atoms with Crippen molar-refractivity contribution in [2.45, 2.75) is 26.2 Å². The smallest absolute Gasteiger partial charge is 0.220 e. The maximum atomic E-state index is 11.9. The lowest BCUT2D eigenvalue weighted by molar-refractivity contribution is -0.121. The maximum Gasteiger partial charge on any atom is 0.220 e. The average molecular weight is 315 g/mol. The SMILES string of the molecule is COCCNCCNC(=O)CC(C)c1ccccc1C.Cl. The lowest BCUT2D eigenvalue weighted by atomic mass is 9.93. The second kappa shape index (κ2) is 11.5. The van der Waals surface area contributed by atoms with Crippen molar-refractivity contribution < 1.29 is 9.53 Å². The van der Waals surface area contributed by atoms with Gasteiger partial charge in [0.05, 0.1) is 6.61 Å². The van der Waals surface area contributed by atoms with Crippen molar-refractivity contribution >= 4 is 18.3 Å². The van der Waals surface area contributed by atoms with Gasteiger partial charge in [-0.15, -0.1) is 12.4 Å². The van der Waals surface area contributed by atoms with Crippen LogP contribution >= 0.6 is 12.4 Å². The lowest BCUT2D eigenvalue weighted by Crippen LogP contribution is -2.33. The first-order chi connectivity index (χ1) is 9.65. The van der Waals surface area contributed by atoms with Crippen LogP contribution in [0, 0.1) is 6.92 Å². The van der Waals surface area contributed by atoms with Gasteiger partial charge in [-0.05, 0) is 24.0 Å². The van der Waals surface area contributed by atoms with Crippen LogP contribution in [0.1, 0.15) is 30.4 Å². The number of carbonyl (C=O) groups excluding carboxylic acids is 1. The second-order valence-electron chi connectivity index (χ2n) is 5.05. The Morgan fingerprint density at radius 1 is 1.24 bits per heavy atom. The summed E-state index contributed by atoms with van der Waals surface area (Å²) in [6.45, 7) is 7.11. The minimum Gasteiger partial charge on any atom is -0.383 e. The van der Waals surface area contributed by atoms with Crippen LogP contribution in [0.3, 0.4) is 0 Å². The van der Waals surface area contributed by atoms with Crippen LogP contribution in [0.25, 0.3) is 0 Å². The third-order valence-electron chi connectivity index (χ3n) is 3.32. The van der Waals surface area contributed by atoms with Crippen LogP contribution < -0.4 is 10.6 Å². The molecule has 0 saturated carbocycles. The molecule has 2 N–H and O–H groups in total. The Hall–Kier alpha value is -1.10. The minimum atomic E-state index is 0. The molecule has 4 nitrogen and oxygen atoms in total. The number of rotatable bonds is 9. The normalized spacial score (nSPS) is 11.6. The fraction of sp³-hybridized carbons (Fsp3) is 0.562. The summed E-state index contributed by atoms with van der Waals surface area (Å²) in [5.74, 6) is 0.354. The zero-order valence-corrected chi connectivity index (χ0v) is 14.0. The van der Waals surface area contributed by atoms with E-state index in [-0.39, 0.29) is 24.2 Å². The van der Waals surface area contributed by atoms with Crippen LogP contribution in [0.15, 0.2) is 24.3 Å². The maximum absolute atomic E-state index is 11.9. The van der Waals surface area contributed by atoms with E-state index >= 15 is 0 Å². The summed E-state index contributed by atoms with van der Waals surface area (Å²) in [6, 6.07) is 8.23. The lowest BCUT2D eigenvalue weighted by Gasteiger charge is -2.14. The zero-order chi connectivity index (χ0) is 14.8. The number of halogens is 1. The summed E-state index contributed by atoms with van der Waals surface area (Å²) < 4.78 is 4.93. The molecule has 1 aromatic carbocycles. The summed E-state index contributed by atoms with van der Waals surface area (Å²) in [5.41, 5.74) is 2.50. The predicted molar refractivity (Wildman–Crippen MR) is 89.2 cm³/mol. The van der Waals surface area contributed by atoms with E-state index in [1.54, 1.807) is 7.11 Å². The molecular formula is C16H27ClN2O2. The van der Waals surface area contributed by atoms with E-state index in [1.165, 1.54) is 11.1 Å². The molecule has 21 heavy (non-hydrogen) atoms. The highest BCUT2D eigenvalue weighted by Crippen LogP contribution is 2.21. The van der Waals surface area contributed by atoms with Gasteiger partial charge >= 0.3 is 0 Å². The number of nitrogens with one attached hydrogen (secondary N) is 2.